The van der Waals surface area contributed by atoms with E-state index in [0.717, 1.165) is 12.8 Å². The molecule has 0 spiro atoms. The molecule has 0 heterocycles. The molecular weight excluding hydrogens is 234 g/mol. The fraction of sp³-hybridized carbons (Fsp3) is 0.250. The van der Waals surface area contributed by atoms with Crippen LogP contribution in [0.15, 0.2) is 30.4 Å². The van der Waals surface area contributed by atoms with Gasteiger partial charge in [0.1, 0.15) is 0 Å². The van der Waals surface area contributed by atoms with Crippen molar-refractivity contribution in [3.05, 3.63) is 46.0 Å². The summed E-state index contributed by atoms with van der Waals surface area (Å²) < 4.78 is 0. The second-order valence-electron chi connectivity index (χ2n) is 4.14. The van der Waals surface area contributed by atoms with E-state index in [1.165, 1.54) is 18.2 Å². The molecule has 0 unspecified atom stereocenters. The maximum absolute atomic E-state index is 11.3. The molecule has 0 saturated heterocycles. The highest BCUT2D eigenvalue weighted by Gasteiger charge is 2.17. The van der Waals surface area contributed by atoms with Crippen LogP contribution in [0, 0.1) is 10.1 Å². The Morgan fingerprint density at radius 2 is 2.06 bits per heavy atom. The number of nitrogens with one attached hydrogen (secondary N) is 1. The van der Waals surface area contributed by atoms with Gasteiger partial charge in [0.25, 0.3) is 11.6 Å². The van der Waals surface area contributed by atoms with Crippen molar-refractivity contribution in [3.8, 4) is 0 Å². The number of nitro benzene ring substituents is 1. The zero-order valence-electron chi connectivity index (χ0n) is 9.63. The molecule has 6 heteroatoms. The van der Waals surface area contributed by atoms with Crippen LogP contribution in [0.25, 0.3) is 0 Å². The second-order valence-corrected chi connectivity index (χ2v) is 4.14. The number of rotatable bonds is 4. The van der Waals surface area contributed by atoms with Gasteiger partial charge in [-0.25, -0.2) is 0 Å². The second kappa shape index (κ2) is 4.87. The number of anilines is 1. The predicted octanol–water partition coefficient (Wildman–Crippen LogP) is 1.82. The third kappa shape index (κ3) is 2.48. The minimum atomic E-state index is -0.674. The number of hydrogen-bond acceptors (Lipinski definition) is 4. The molecule has 18 heavy (non-hydrogen) atoms. The number of carbonyl (C=O) groups is 1. The summed E-state index contributed by atoms with van der Waals surface area (Å²) in [6.45, 7) is 0. The molecule has 3 N–H and O–H groups in total. The first kappa shape index (κ1) is 12.1. The topological polar surface area (TPSA) is 98.3 Å². The lowest BCUT2D eigenvalue weighted by Crippen LogP contribution is -2.20. The Bertz CT molecular complexity index is 517. The van der Waals surface area contributed by atoms with Gasteiger partial charge in [-0.2, -0.15) is 0 Å². The van der Waals surface area contributed by atoms with E-state index >= 15 is 0 Å². The summed E-state index contributed by atoms with van der Waals surface area (Å²) in [6.07, 6.45) is 5.84. The van der Waals surface area contributed by atoms with Gasteiger partial charge in [0.2, 0.25) is 0 Å². The van der Waals surface area contributed by atoms with E-state index in [-0.39, 0.29) is 17.3 Å². The van der Waals surface area contributed by atoms with Gasteiger partial charge >= 0.3 is 0 Å². The van der Waals surface area contributed by atoms with Gasteiger partial charge in [0.15, 0.2) is 0 Å². The van der Waals surface area contributed by atoms with Crippen molar-refractivity contribution in [3.63, 3.8) is 0 Å². The number of primary amides is 1. The fourth-order valence-electron chi connectivity index (χ4n) is 1.93. The van der Waals surface area contributed by atoms with Crippen molar-refractivity contribution in [2.24, 2.45) is 5.73 Å². The molecule has 1 aliphatic rings. The summed E-state index contributed by atoms with van der Waals surface area (Å²) >= 11 is 0. The van der Waals surface area contributed by atoms with E-state index < -0.39 is 10.8 Å². The van der Waals surface area contributed by atoms with Gasteiger partial charge in [0.05, 0.1) is 10.5 Å². The lowest BCUT2D eigenvalue weighted by atomic mass is 10.1. The first-order chi connectivity index (χ1) is 8.58. The smallest absolute Gasteiger partial charge is 0.270 e. The quantitative estimate of drug-likeness (QED) is 0.481. The molecule has 1 aromatic rings. The summed E-state index contributed by atoms with van der Waals surface area (Å²) in [4.78, 5) is 21.4. The van der Waals surface area contributed by atoms with Gasteiger partial charge in [-0.15, -0.1) is 0 Å². The molecule has 0 fully saturated rings. The van der Waals surface area contributed by atoms with Gasteiger partial charge in [-0.3, -0.25) is 14.9 Å². The van der Waals surface area contributed by atoms with Crippen LogP contribution in [0.4, 0.5) is 11.4 Å². The monoisotopic (exact) mass is 247 g/mol. The number of carbonyl (C=O) groups excluding carboxylic acids is 1. The van der Waals surface area contributed by atoms with E-state index in [1.807, 2.05) is 12.2 Å². The third-order valence-electron chi connectivity index (χ3n) is 2.85. The number of non-ortho nitro benzene ring substituents is 1. The Morgan fingerprint density at radius 3 is 2.61 bits per heavy atom. The van der Waals surface area contributed by atoms with Crippen LogP contribution in [-0.4, -0.2) is 16.9 Å². The van der Waals surface area contributed by atoms with Crippen LogP contribution in [0.1, 0.15) is 23.2 Å². The van der Waals surface area contributed by atoms with Gasteiger partial charge in [-0.1, -0.05) is 12.2 Å². The van der Waals surface area contributed by atoms with E-state index in [0.29, 0.717) is 5.69 Å². The standard InChI is InChI=1S/C12H13N3O3/c13-12(16)10-7-9(15(17)18)5-6-11(10)14-8-3-1-2-4-8/h1-2,5-8,14H,3-4H2,(H2,13,16). The Labute approximate surface area is 104 Å². The Balaban J connectivity index is 2.28. The summed E-state index contributed by atoms with van der Waals surface area (Å²) in [5.41, 5.74) is 5.79. The largest absolute Gasteiger partial charge is 0.381 e. The molecule has 94 valence electrons. The SMILES string of the molecule is NC(=O)c1cc([N+](=O)[O-])ccc1NC1CC=CC1. The van der Waals surface area contributed by atoms with Crippen LogP contribution in [0.2, 0.25) is 0 Å². The average Bonchev–Trinajstić information content (AvgIpc) is 2.81. The lowest BCUT2D eigenvalue weighted by Gasteiger charge is -2.15. The number of nitro groups is 1. The summed E-state index contributed by atoms with van der Waals surface area (Å²) in [7, 11) is 0. The molecule has 0 bridgehead atoms. The molecule has 0 atom stereocenters. The predicted molar refractivity (Wildman–Crippen MR) is 67.4 cm³/mol. The lowest BCUT2D eigenvalue weighted by molar-refractivity contribution is -0.384. The van der Waals surface area contributed by atoms with Crippen LogP contribution < -0.4 is 11.1 Å². The van der Waals surface area contributed by atoms with Crippen LogP contribution in [-0.2, 0) is 0 Å². The van der Waals surface area contributed by atoms with Crippen molar-refractivity contribution < 1.29 is 9.72 Å². The molecule has 1 amide bonds. The van der Waals surface area contributed by atoms with E-state index in [2.05, 4.69) is 5.32 Å². The molecule has 6 nitrogen and oxygen atoms in total. The van der Waals surface area contributed by atoms with Crippen molar-refractivity contribution in [1.82, 2.24) is 0 Å². The highest BCUT2D eigenvalue weighted by atomic mass is 16.6. The Morgan fingerprint density at radius 1 is 1.39 bits per heavy atom. The van der Waals surface area contributed by atoms with Crippen molar-refractivity contribution in [2.45, 2.75) is 18.9 Å². The fourth-order valence-corrected chi connectivity index (χ4v) is 1.93. The molecule has 0 radical (unpaired) electrons. The number of amides is 1. The minimum Gasteiger partial charge on any atom is -0.381 e. The van der Waals surface area contributed by atoms with Crippen LogP contribution >= 0.6 is 0 Å². The van der Waals surface area contributed by atoms with Gasteiger partial charge in [0, 0.05) is 23.9 Å². The maximum atomic E-state index is 11.3. The van der Waals surface area contributed by atoms with Crippen molar-refractivity contribution in [2.75, 3.05) is 5.32 Å². The molecule has 0 aliphatic heterocycles. The molecule has 0 aromatic heterocycles. The molecule has 1 aliphatic carbocycles. The molecule has 0 saturated carbocycles. The maximum Gasteiger partial charge on any atom is 0.270 e. The van der Waals surface area contributed by atoms with E-state index in [4.69, 9.17) is 5.73 Å². The van der Waals surface area contributed by atoms with Gasteiger partial charge in [-0.05, 0) is 18.9 Å². The van der Waals surface area contributed by atoms with Gasteiger partial charge < -0.3 is 11.1 Å². The van der Waals surface area contributed by atoms with Crippen molar-refractivity contribution in [1.29, 1.82) is 0 Å². The van der Waals surface area contributed by atoms with Crippen molar-refractivity contribution >= 4 is 17.3 Å². The Hall–Kier alpha value is -2.37. The highest BCUT2D eigenvalue weighted by Crippen LogP contribution is 2.24. The summed E-state index contributed by atoms with van der Waals surface area (Å²) in [5, 5.41) is 13.8. The summed E-state index contributed by atoms with van der Waals surface area (Å²) in [5.74, 6) is -0.674. The van der Waals surface area contributed by atoms with Crippen LogP contribution in [0.5, 0.6) is 0 Å². The zero-order chi connectivity index (χ0) is 13.1. The Kier molecular flexibility index (Phi) is 3.27. The zero-order valence-corrected chi connectivity index (χ0v) is 9.63. The summed E-state index contributed by atoms with van der Waals surface area (Å²) in [6, 6.07) is 4.30. The number of hydrogen-bond donors (Lipinski definition) is 2. The number of nitrogens with two attached hydrogens (primary N) is 1. The number of nitrogens with zero attached hydrogens (tertiary/aromatic N) is 1. The van der Waals surface area contributed by atoms with E-state index in [9.17, 15) is 14.9 Å². The normalized spacial score (nSPS) is 14.7. The van der Waals surface area contributed by atoms with Crippen LogP contribution in [0.3, 0.4) is 0 Å². The highest BCUT2D eigenvalue weighted by molar-refractivity contribution is 5.99. The van der Waals surface area contributed by atoms with E-state index in [1.54, 1.807) is 0 Å². The first-order valence-electron chi connectivity index (χ1n) is 5.57. The molecular formula is C12H13N3O3. The molecule has 1 aromatic carbocycles. The average molecular weight is 247 g/mol. The number of benzene rings is 1. The molecule has 2 rings (SSSR count). The third-order valence-corrected chi connectivity index (χ3v) is 2.85. The minimum absolute atomic E-state index is 0.140. The first-order valence-corrected chi connectivity index (χ1v) is 5.57.